The minimum Gasteiger partial charge on any atom is -0.329 e. The van der Waals surface area contributed by atoms with Gasteiger partial charge in [-0.25, -0.2) is 4.98 Å². The topological polar surface area (TPSA) is 67.2 Å². The molecule has 31 heavy (non-hydrogen) atoms. The third-order valence-electron chi connectivity index (χ3n) is 5.03. The number of halogens is 2. The Morgan fingerprint density at radius 3 is 2.48 bits per heavy atom. The van der Waals surface area contributed by atoms with Gasteiger partial charge in [-0.2, -0.15) is 0 Å². The molecule has 4 rings (SSSR count). The van der Waals surface area contributed by atoms with Crippen molar-refractivity contribution in [2.24, 2.45) is 7.05 Å². The lowest BCUT2D eigenvalue weighted by Gasteiger charge is -2.24. The number of aryl methyl sites for hydroxylation is 1. The molecule has 1 atom stereocenters. The third kappa shape index (κ3) is 5.06. The molecule has 2 aromatic carbocycles. The SMILES string of the molecule is Cn1ccnc1Sc1ccc(NC(=O)C2CCCN2C(=O)c2cc(Cl)cc(Cl)c2)cc1. The Labute approximate surface area is 194 Å². The van der Waals surface area contributed by atoms with Crippen molar-refractivity contribution in [1.29, 1.82) is 0 Å². The predicted molar refractivity (Wildman–Crippen MR) is 123 cm³/mol. The predicted octanol–water partition coefficient (Wildman–Crippen LogP) is 5.12. The lowest BCUT2D eigenvalue weighted by atomic mass is 10.1. The van der Waals surface area contributed by atoms with Gasteiger partial charge < -0.3 is 14.8 Å². The molecule has 1 aliphatic heterocycles. The largest absolute Gasteiger partial charge is 0.329 e. The van der Waals surface area contributed by atoms with Crippen molar-refractivity contribution >= 4 is 52.5 Å². The lowest BCUT2D eigenvalue weighted by molar-refractivity contribution is -0.119. The van der Waals surface area contributed by atoms with Crippen LogP contribution < -0.4 is 5.32 Å². The van der Waals surface area contributed by atoms with Crippen LogP contribution in [-0.4, -0.2) is 38.9 Å². The van der Waals surface area contributed by atoms with E-state index in [-0.39, 0.29) is 11.8 Å². The van der Waals surface area contributed by atoms with Crippen molar-refractivity contribution in [1.82, 2.24) is 14.5 Å². The number of imidazole rings is 1. The first-order chi connectivity index (χ1) is 14.9. The van der Waals surface area contributed by atoms with E-state index in [1.54, 1.807) is 41.1 Å². The minimum absolute atomic E-state index is 0.205. The number of carbonyl (C=O) groups excluding carboxylic acids is 2. The van der Waals surface area contributed by atoms with Gasteiger partial charge in [-0.05, 0) is 55.3 Å². The number of aromatic nitrogens is 2. The Morgan fingerprint density at radius 2 is 1.84 bits per heavy atom. The minimum atomic E-state index is -0.535. The normalized spacial score (nSPS) is 15.8. The van der Waals surface area contributed by atoms with Crippen LogP contribution in [0.5, 0.6) is 0 Å². The van der Waals surface area contributed by atoms with Gasteiger partial charge in [0.25, 0.3) is 5.91 Å². The maximum Gasteiger partial charge on any atom is 0.254 e. The highest BCUT2D eigenvalue weighted by Crippen LogP contribution is 2.28. The second kappa shape index (κ2) is 9.34. The molecule has 3 aromatic rings. The number of likely N-dealkylation sites (tertiary alicyclic amines) is 1. The van der Waals surface area contributed by atoms with Crippen LogP contribution in [0.3, 0.4) is 0 Å². The van der Waals surface area contributed by atoms with E-state index in [0.717, 1.165) is 16.5 Å². The number of carbonyl (C=O) groups is 2. The Hall–Kier alpha value is -2.48. The fourth-order valence-electron chi connectivity index (χ4n) is 3.51. The molecular weight excluding hydrogens is 455 g/mol. The second-order valence-electron chi connectivity index (χ2n) is 7.25. The van der Waals surface area contributed by atoms with Crippen LogP contribution in [0.25, 0.3) is 0 Å². The fraction of sp³-hybridized carbons (Fsp3) is 0.227. The molecule has 0 spiro atoms. The fourth-order valence-corrected chi connectivity index (χ4v) is 4.84. The maximum atomic E-state index is 13.0. The summed E-state index contributed by atoms with van der Waals surface area (Å²) in [5, 5.41) is 4.59. The number of nitrogens with one attached hydrogen (secondary N) is 1. The molecule has 0 saturated carbocycles. The molecule has 0 radical (unpaired) electrons. The zero-order valence-electron chi connectivity index (χ0n) is 16.7. The molecule has 9 heteroatoms. The van der Waals surface area contributed by atoms with E-state index in [1.165, 1.54) is 0 Å². The van der Waals surface area contributed by atoms with Gasteiger partial charge in [0, 0.05) is 52.2 Å². The van der Waals surface area contributed by atoms with Crippen LogP contribution in [0.1, 0.15) is 23.2 Å². The summed E-state index contributed by atoms with van der Waals surface area (Å²) < 4.78 is 1.94. The zero-order chi connectivity index (χ0) is 22.0. The third-order valence-corrected chi connectivity index (χ3v) is 6.55. The molecule has 2 heterocycles. The number of hydrogen-bond donors (Lipinski definition) is 1. The smallest absolute Gasteiger partial charge is 0.254 e. The molecule has 1 aromatic heterocycles. The van der Waals surface area contributed by atoms with Crippen molar-refractivity contribution in [3.05, 3.63) is 70.5 Å². The van der Waals surface area contributed by atoms with Gasteiger partial charge in [0.1, 0.15) is 6.04 Å². The summed E-state index contributed by atoms with van der Waals surface area (Å²) in [4.78, 5) is 32.8. The van der Waals surface area contributed by atoms with E-state index in [9.17, 15) is 9.59 Å². The summed E-state index contributed by atoms with van der Waals surface area (Å²) in [7, 11) is 1.94. The van der Waals surface area contributed by atoms with Crippen LogP contribution in [-0.2, 0) is 11.8 Å². The number of amides is 2. The van der Waals surface area contributed by atoms with Gasteiger partial charge in [-0.1, -0.05) is 35.0 Å². The summed E-state index contributed by atoms with van der Waals surface area (Å²) in [6.45, 7) is 0.514. The molecular formula is C22H20Cl2N4O2S. The number of hydrogen-bond acceptors (Lipinski definition) is 4. The molecule has 6 nitrogen and oxygen atoms in total. The first-order valence-electron chi connectivity index (χ1n) is 9.74. The summed E-state index contributed by atoms with van der Waals surface area (Å²) in [5.74, 6) is -0.452. The highest BCUT2D eigenvalue weighted by atomic mass is 35.5. The summed E-state index contributed by atoms with van der Waals surface area (Å²) in [6, 6.07) is 11.7. The van der Waals surface area contributed by atoms with Crippen LogP contribution >= 0.6 is 35.0 Å². The number of benzene rings is 2. The molecule has 160 valence electrons. The van der Waals surface area contributed by atoms with Crippen molar-refractivity contribution in [2.75, 3.05) is 11.9 Å². The van der Waals surface area contributed by atoms with Gasteiger partial charge >= 0.3 is 0 Å². The Bertz CT molecular complexity index is 1100. The van der Waals surface area contributed by atoms with Crippen molar-refractivity contribution < 1.29 is 9.59 Å². The summed E-state index contributed by atoms with van der Waals surface area (Å²) in [6.07, 6.45) is 5.02. The quantitative estimate of drug-likeness (QED) is 0.556. The van der Waals surface area contributed by atoms with Crippen LogP contribution in [0.15, 0.2) is 64.9 Å². The molecule has 1 fully saturated rings. The second-order valence-corrected chi connectivity index (χ2v) is 9.16. The average Bonchev–Trinajstić information content (AvgIpc) is 3.38. The maximum absolute atomic E-state index is 13.0. The van der Waals surface area contributed by atoms with Gasteiger partial charge in [-0.3, -0.25) is 9.59 Å². The molecule has 1 unspecified atom stereocenters. The molecule has 2 amide bonds. The zero-order valence-corrected chi connectivity index (χ0v) is 19.0. The standard InChI is InChI=1S/C22H20Cl2N4O2S/c1-27-10-8-25-22(27)31-18-6-4-17(5-7-18)26-20(29)19-3-2-9-28(19)21(30)14-11-15(23)13-16(24)12-14/h4-8,10-13,19H,2-3,9H2,1H3,(H,26,29). The van der Waals surface area contributed by atoms with E-state index < -0.39 is 6.04 Å². The Kier molecular flexibility index (Phi) is 6.55. The molecule has 1 aliphatic rings. The van der Waals surface area contributed by atoms with Crippen LogP contribution in [0, 0.1) is 0 Å². The van der Waals surface area contributed by atoms with Crippen molar-refractivity contribution in [3.8, 4) is 0 Å². The number of anilines is 1. The van der Waals surface area contributed by atoms with Crippen molar-refractivity contribution in [2.45, 2.75) is 28.9 Å². The molecule has 0 bridgehead atoms. The monoisotopic (exact) mass is 474 g/mol. The molecule has 1 N–H and O–H groups in total. The lowest BCUT2D eigenvalue weighted by Crippen LogP contribution is -2.43. The summed E-state index contributed by atoms with van der Waals surface area (Å²) in [5.41, 5.74) is 1.06. The van der Waals surface area contributed by atoms with Crippen LogP contribution in [0.2, 0.25) is 10.0 Å². The number of rotatable bonds is 5. The van der Waals surface area contributed by atoms with Crippen LogP contribution in [0.4, 0.5) is 5.69 Å². The number of nitrogens with zero attached hydrogens (tertiary/aromatic N) is 3. The van der Waals surface area contributed by atoms with Gasteiger partial charge in [0.05, 0.1) is 0 Å². The average molecular weight is 475 g/mol. The molecule has 0 aliphatic carbocycles. The highest BCUT2D eigenvalue weighted by Gasteiger charge is 2.34. The van der Waals surface area contributed by atoms with E-state index in [4.69, 9.17) is 23.2 Å². The van der Waals surface area contributed by atoms with Gasteiger partial charge in [0.15, 0.2) is 5.16 Å². The van der Waals surface area contributed by atoms with Gasteiger partial charge in [0.2, 0.25) is 5.91 Å². The summed E-state index contributed by atoms with van der Waals surface area (Å²) >= 11 is 13.6. The van der Waals surface area contributed by atoms with E-state index >= 15 is 0 Å². The first-order valence-corrected chi connectivity index (χ1v) is 11.3. The van der Waals surface area contributed by atoms with E-state index in [0.29, 0.717) is 34.3 Å². The van der Waals surface area contributed by atoms with Crippen molar-refractivity contribution in [3.63, 3.8) is 0 Å². The van der Waals surface area contributed by atoms with E-state index in [1.807, 2.05) is 42.1 Å². The van der Waals surface area contributed by atoms with E-state index in [2.05, 4.69) is 10.3 Å². The first kappa shape index (κ1) is 21.7. The van der Waals surface area contributed by atoms with Gasteiger partial charge in [-0.15, -0.1) is 0 Å². The highest BCUT2D eigenvalue weighted by molar-refractivity contribution is 7.99. The Balaban J connectivity index is 1.42. The molecule has 1 saturated heterocycles. The Morgan fingerprint density at radius 1 is 1.13 bits per heavy atom.